The van der Waals surface area contributed by atoms with Crippen LogP contribution in [0.5, 0.6) is 0 Å². The van der Waals surface area contributed by atoms with Crippen molar-refractivity contribution in [3.63, 3.8) is 0 Å². The topological polar surface area (TPSA) is 240 Å². The van der Waals surface area contributed by atoms with Gasteiger partial charge in [-0.3, -0.25) is 24.0 Å². The normalized spacial score (nSPS) is 52.5. The highest BCUT2D eigenvalue weighted by Gasteiger charge is 2.86. The minimum Gasteiger partial charge on any atom is -0.462 e. The average Bonchev–Trinajstić information content (AvgIpc) is 3.40. The molecule has 6 rings (SSSR count). The highest BCUT2D eigenvalue weighted by atomic mass is 35.5. The fourth-order valence-electron chi connectivity index (χ4n) is 11.7. The van der Waals surface area contributed by atoms with Crippen molar-refractivity contribution in [2.45, 2.75) is 115 Å². The first-order valence-electron chi connectivity index (χ1n) is 17.0. The van der Waals surface area contributed by atoms with E-state index in [1.807, 2.05) is 0 Å². The van der Waals surface area contributed by atoms with Gasteiger partial charge in [0.15, 0.2) is 11.4 Å². The monoisotopic (exact) mass is 740 g/mol. The van der Waals surface area contributed by atoms with Gasteiger partial charge in [0.1, 0.15) is 53.8 Å². The van der Waals surface area contributed by atoms with Gasteiger partial charge in [0.05, 0.1) is 16.2 Å². The van der Waals surface area contributed by atoms with Crippen molar-refractivity contribution in [2.75, 3.05) is 0 Å². The lowest BCUT2D eigenvalue weighted by atomic mass is 9.39. The number of aliphatic hydroxyl groups excluding tert-OH is 3. The molecule has 5 N–H and O–H groups in total. The van der Waals surface area contributed by atoms with Gasteiger partial charge < -0.3 is 44.5 Å². The van der Waals surface area contributed by atoms with Crippen molar-refractivity contribution in [3.05, 3.63) is 11.8 Å². The van der Waals surface area contributed by atoms with E-state index in [1.54, 1.807) is 6.92 Å². The van der Waals surface area contributed by atoms with Crippen LogP contribution in [0.4, 0.5) is 0 Å². The first-order valence-corrected chi connectivity index (χ1v) is 17.5. The smallest absolute Gasteiger partial charge is 0.343 e. The van der Waals surface area contributed by atoms with Gasteiger partial charge in [-0.1, -0.05) is 13.8 Å². The first-order chi connectivity index (χ1) is 23.4. The first kappa shape index (κ1) is 37.8. The Morgan fingerprint density at radius 2 is 1.33 bits per heavy atom. The van der Waals surface area contributed by atoms with Crippen LogP contribution in [0.15, 0.2) is 11.8 Å². The van der Waals surface area contributed by atoms with Gasteiger partial charge in [-0.25, -0.2) is 4.79 Å². The maximum Gasteiger partial charge on any atom is 0.343 e. The maximum atomic E-state index is 14.9. The summed E-state index contributed by atoms with van der Waals surface area (Å²) in [5, 5.41) is 59.6. The minimum absolute atomic E-state index is 0.0275. The second kappa shape index (κ2) is 11.5. The number of ketones is 2. The summed E-state index contributed by atoms with van der Waals surface area (Å²) in [7, 11) is 0. The molecule has 0 aromatic carbocycles. The summed E-state index contributed by atoms with van der Waals surface area (Å²) in [6.45, 7) is 9.98. The molecule has 0 aromatic heterocycles. The number of carbonyl (C=O) groups is 6. The predicted molar refractivity (Wildman–Crippen MR) is 170 cm³/mol. The molecule has 15 nitrogen and oxygen atoms in total. The van der Waals surface area contributed by atoms with E-state index in [-0.39, 0.29) is 5.76 Å². The zero-order valence-electron chi connectivity index (χ0n) is 29.5. The Kier molecular flexibility index (Phi) is 8.54. The summed E-state index contributed by atoms with van der Waals surface area (Å²) in [4.78, 5) is 80.6. The van der Waals surface area contributed by atoms with E-state index in [0.29, 0.717) is 0 Å². The van der Waals surface area contributed by atoms with Crippen molar-refractivity contribution in [1.82, 2.24) is 0 Å². The van der Waals surface area contributed by atoms with Crippen LogP contribution in [0.3, 0.4) is 0 Å². The number of hydrogen-bond donors (Lipinski definition) is 5. The minimum atomic E-state index is -2.58. The number of Topliss-reactive ketones (excluding diaryl/α,β-unsaturated/α-hetero) is 2. The quantitative estimate of drug-likeness (QED) is 0.142. The third-order valence-electron chi connectivity index (χ3n) is 13.9. The molecule has 0 aromatic rings. The summed E-state index contributed by atoms with van der Waals surface area (Å²) in [5.74, 6) is -13.5. The lowest BCUT2D eigenvalue weighted by Gasteiger charge is -2.68. The highest BCUT2D eigenvalue weighted by Crippen LogP contribution is 2.75. The molecule has 18 atom stereocenters. The molecule has 6 aliphatic rings. The molecule has 1 heterocycles. The summed E-state index contributed by atoms with van der Waals surface area (Å²) in [5.41, 5.74) is -10.9. The standard InChI is InChI=1S/C35H45ClO15/c1-11-9-17-31(6,33(8,46)30(45)51-17)22-19(11)35(12(2)37)21(25(22)49-14(4)39)18-20(26(29(35)44)50-15(5)40)32(7)28(43)24(48-13(3)38)16(36)10-34(32,47)27(42)23(18)41/h9,11,16,18-22,24-29,42-44,46-47H,10H2,1-8H3. The van der Waals surface area contributed by atoms with E-state index in [2.05, 4.69) is 0 Å². The number of carbonyl (C=O) groups excluding carboxylic acids is 6. The maximum absolute atomic E-state index is 14.9. The third-order valence-corrected chi connectivity index (χ3v) is 14.3. The van der Waals surface area contributed by atoms with Crippen LogP contribution in [0.2, 0.25) is 0 Å². The van der Waals surface area contributed by atoms with Crippen molar-refractivity contribution < 1.29 is 73.2 Å². The molecular formula is C35H45ClO15. The number of fused-ring (bicyclic) bond motifs is 9. The van der Waals surface area contributed by atoms with Crippen molar-refractivity contribution in [3.8, 4) is 0 Å². The molecular weight excluding hydrogens is 696 g/mol. The summed E-state index contributed by atoms with van der Waals surface area (Å²) in [6.07, 6.45) is -10.3. The molecule has 282 valence electrons. The molecule has 0 spiro atoms. The second-order valence-electron chi connectivity index (χ2n) is 16.0. The fourth-order valence-corrected chi connectivity index (χ4v) is 12.2. The molecule has 18 unspecified atom stereocenters. The molecule has 51 heavy (non-hydrogen) atoms. The number of hydrogen-bond acceptors (Lipinski definition) is 15. The SMILES string of the molecule is CC(=O)OC1C2C3C(=O)C(O)C4(O)CC(Cl)C(OC(C)=O)C(O)C4(C)C3C(OC(C)=O)C(O)C2(C(C)=O)C2C(C)C=C3OC(=O)C(C)(O)C3(C)C12. The van der Waals surface area contributed by atoms with Gasteiger partial charge in [-0.15, -0.1) is 11.6 Å². The Balaban J connectivity index is 1.70. The van der Waals surface area contributed by atoms with Crippen LogP contribution in [0.25, 0.3) is 0 Å². The van der Waals surface area contributed by atoms with E-state index in [9.17, 15) is 54.3 Å². The predicted octanol–water partition coefficient (Wildman–Crippen LogP) is -0.273. The number of allylic oxidation sites excluding steroid dienone is 1. The largest absolute Gasteiger partial charge is 0.462 e. The number of halogens is 1. The fraction of sp³-hybridized carbons (Fsp3) is 0.771. The number of rotatable bonds is 4. The van der Waals surface area contributed by atoms with Crippen LogP contribution in [-0.4, -0.2) is 114 Å². The Labute approximate surface area is 298 Å². The third kappa shape index (κ3) is 4.36. The number of ether oxygens (including phenoxy) is 4. The molecule has 5 aliphatic carbocycles. The van der Waals surface area contributed by atoms with Gasteiger partial charge >= 0.3 is 23.9 Å². The van der Waals surface area contributed by atoms with Crippen molar-refractivity contribution in [2.24, 2.45) is 51.8 Å². The molecule has 4 saturated carbocycles. The lowest BCUT2D eigenvalue weighted by molar-refractivity contribution is -0.312. The van der Waals surface area contributed by atoms with E-state index in [4.69, 9.17) is 30.5 Å². The van der Waals surface area contributed by atoms with E-state index in [1.165, 1.54) is 26.8 Å². The van der Waals surface area contributed by atoms with Crippen LogP contribution >= 0.6 is 11.6 Å². The van der Waals surface area contributed by atoms with E-state index < -0.39 is 147 Å². The molecule has 0 bridgehead atoms. The number of esters is 4. The molecule has 1 saturated heterocycles. The number of alkyl halides is 1. The number of aliphatic hydroxyl groups is 5. The van der Waals surface area contributed by atoms with Gasteiger partial charge in [-0.2, -0.15) is 0 Å². The zero-order valence-corrected chi connectivity index (χ0v) is 30.2. The Bertz CT molecular complexity index is 1640. The van der Waals surface area contributed by atoms with Crippen LogP contribution in [-0.2, 0) is 47.7 Å². The molecule has 0 amide bonds. The highest BCUT2D eigenvalue weighted by molar-refractivity contribution is 6.21. The summed E-state index contributed by atoms with van der Waals surface area (Å²) >= 11 is 6.54. The van der Waals surface area contributed by atoms with Crippen molar-refractivity contribution >= 4 is 47.0 Å². The van der Waals surface area contributed by atoms with Crippen LogP contribution in [0.1, 0.15) is 61.8 Å². The van der Waals surface area contributed by atoms with Crippen LogP contribution in [0, 0.1) is 51.8 Å². The van der Waals surface area contributed by atoms with Gasteiger partial charge in [-0.05, 0) is 45.1 Å². The van der Waals surface area contributed by atoms with Gasteiger partial charge in [0.2, 0.25) is 0 Å². The lowest BCUT2D eigenvalue weighted by Crippen LogP contribution is -2.82. The molecule has 5 fully saturated rings. The molecule has 16 heteroatoms. The van der Waals surface area contributed by atoms with Crippen molar-refractivity contribution in [1.29, 1.82) is 0 Å². The second-order valence-corrected chi connectivity index (χ2v) is 16.6. The summed E-state index contributed by atoms with van der Waals surface area (Å²) in [6, 6.07) is 0. The average molecular weight is 741 g/mol. The van der Waals surface area contributed by atoms with Gasteiger partial charge in [0, 0.05) is 49.9 Å². The summed E-state index contributed by atoms with van der Waals surface area (Å²) < 4.78 is 22.8. The van der Waals surface area contributed by atoms with E-state index >= 15 is 0 Å². The molecule has 0 radical (unpaired) electrons. The van der Waals surface area contributed by atoms with Crippen LogP contribution < -0.4 is 0 Å². The Morgan fingerprint density at radius 1 is 0.804 bits per heavy atom. The Morgan fingerprint density at radius 3 is 1.86 bits per heavy atom. The van der Waals surface area contributed by atoms with E-state index in [0.717, 1.165) is 27.7 Å². The Hall–Kier alpha value is -2.95. The molecule has 1 aliphatic heterocycles. The zero-order chi connectivity index (χ0) is 38.3. The van der Waals surface area contributed by atoms with Gasteiger partial charge in [0.25, 0.3) is 0 Å².